The second-order valence-corrected chi connectivity index (χ2v) is 12.0. The van der Waals surface area contributed by atoms with Crippen molar-refractivity contribution in [2.75, 3.05) is 28.2 Å². The van der Waals surface area contributed by atoms with Crippen molar-refractivity contribution in [2.45, 2.75) is 13.1 Å². The van der Waals surface area contributed by atoms with Crippen LogP contribution in [0.15, 0.2) is 24.6 Å². The SMILES string of the molecule is C=C[Si](C)(O[Si](C)(C=C)N(C)C)N(C)C. The van der Waals surface area contributed by atoms with Crippen molar-refractivity contribution in [3.8, 4) is 0 Å². The number of nitrogens with zero attached hydrogens (tertiary/aromatic N) is 2. The number of rotatable bonds is 6. The first-order valence-electron chi connectivity index (χ1n) is 5.04. The fraction of sp³-hybridized carbons (Fsp3) is 0.600. The summed E-state index contributed by atoms with van der Waals surface area (Å²) in [5.74, 6) is 0. The Hall–Kier alpha value is -0.206. The summed E-state index contributed by atoms with van der Waals surface area (Å²) < 4.78 is 10.6. The Kier molecular flexibility index (Phi) is 5.15. The molecule has 2 atom stereocenters. The Labute approximate surface area is 96.4 Å². The van der Waals surface area contributed by atoms with E-state index in [-0.39, 0.29) is 0 Å². The molecule has 0 heterocycles. The van der Waals surface area contributed by atoms with Gasteiger partial charge in [0.2, 0.25) is 0 Å². The molecule has 0 saturated heterocycles. The zero-order valence-electron chi connectivity index (χ0n) is 10.9. The molecule has 0 radical (unpaired) electrons. The summed E-state index contributed by atoms with van der Waals surface area (Å²) in [7, 11) is 4.22. The maximum absolute atomic E-state index is 6.34. The van der Waals surface area contributed by atoms with Crippen LogP contribution in [-0.2, 0) is 4.12 Å². The largest absolute Gasteiger partial charge is 0.426 e. The van der Waals surface area contributed by atoms with E-state index in [1.54, 1.807) is 0 Å². The van der Waals surface area contributed by atoms with Gasteiger partial charge in [-0.1, -0.05) is 11.4 Å². The van der Waals surface area contributed by atoms with Crippen LogP contribution < -0.4 is 0 Å². The lowest BCUT2D eigenvalue weighted by Gasteiger charge is -2.41. The molecule has 0 aromatic carbocycles. The molecule has 0 aliphatic carbocycles. The van der Waals surface area contributed by atoms with Crippen LogP contribution in [0.4, 0.5) is 0 Å². The lowest BCUT2D eigenvalue weighted by molar-refractivity contribution is 0.397. The van der Waals surface area contributed by atoms with Crippen molar-refractivity contribution in [1.29, 1.82) is 0 Å². The van der Waals surface area contributed by atoms with Crippen molar-refractivity contribution in [2.24, 2.45) is 0 Å². The Morgan fingerprint density at radius 2 is 1.13 bits per heavy atom. The quantitative estimate of drug-likeness (QED) is 0.662. The summed E-state index contributed by atoms with van der Waals surface area (Å²) in [6, 6.07) is 0. The zero-order chi connectivity index (χ0) is 12.3. The van der Waals surface area contributed by atoms with Gasteiger partial charge in [-0.2, -0.15) is 0 Å². The highest BCUT2D eigenvalue weighted by molar-refractivity contribution is 6.87. The maximum Gasteiger partial charge on any atom is 0.284 e. The molecule has 0 aliphatic heterocycles. The number of hydrogen-bond acceptors (Lipinski definition) is 3. The van der Waals surface area contributed by atoms with E-state index in [0.29, 0.717) is 0 Å². The second kappa shape index (κ2) is 5.22. The monoisotopic (exact) mass is 244 g/mol. The molecule has 0 fully saturated rings. The van der Waals surface area contributed by atoms with Gasteiger partial charge in [-0.15, -0.1) is 13.2 Å². The molecule has 0 aromatic heterocycles. The topological polar surface area (TPSA) is 15.7 Å². The highest BCUT2D eigenvalue weighted by atomic mass is 28.4. The minimum atomic E-state index is -1.97. The normalized spacial score (nSPS) is 19.7. The van der Waals surface area contributed by atoms with Crippen LogP contribution in [0.25, 0.3) is 0 Å². The van der Waals surface area contributed by atoms with Crippen LogP contribution >= 0.6 is 0 Å². The van der Waals surface area contributed by atoms with Gasteiger partial charge in [0.05, 0.1) is 0 Å². The third-order valence-corrected chi connectivity index (χ3v) is 11.3. The van der Waals surface area contributed by atoms with Gasteiger partial charge in [0, 0.05) is 0 Å². The van der Waals surface area contributed by atoms with Crippen LogP contribution in [0.2, 0.25) is 13.1 Å². The highest BCUT2D eigenvalue weighted by Gasteiger charge is 2.40. The van der Waals surface area contributed by atoms with E-state index in [4.69, 9.17) is 4.12 Å². The summed E-state index contributed by atoms with van der Waals surface area (Å²) in [6.45, 7) is 12.1. The molecule has 0 bridgehead atoms. The van der Waals surface area contributed by atoms with Gasteiger partial charge in [0.15, 0.2) is 0 Å². The smallest absolute Gasteiger partial charge is 0.284 e. The second-order valence-electron chi connectivity index (χ2n) is 4.41. The minimum absolute atomic E-state index is 1.96. The first kappa shape index (κ1) is 14.8. The van der Waals surface area contributed by atoms with E-state index in [2.05, 4.69) is 35.4 Å². The first-order valence-corrected chi connectivity index (χ1v) is 9.90. The zero-order valence-corrected chi connectivity index (χ0v) is 12.9. The molecule has 0 N–H and O–H groups in total. The fourth-order valence-electron chi connectivity index (χ4n) is 1.05. The first-order chi connectivity index (χ1) is 6.72. The van der Waals surface area contributed by atoms with Crippen LogP contribution in [-0.4, -0.2) is 54.3 Å². The van der Waals surface area contributed by atoms with Gasteiger partial charge in [0.1, 0.15) is 0 Å². The molecular weight excluding hydrogens is 220 g/mol. The molecule has 5 heteroatoms. The Bertz CT molecular complexity index is 222. The predicted octanol–water partition coefficient (Wildman–Crippen LogP) is 1.72. The average Bonchev–Trinajstić information content (AvgIpc) is 2.16. The van der Waals surface area contributed by atoms with E-state index in [0.717, 1.165) is 0 Å². The lowest BCUT2D eigenvalue weighted by Crippen LogP contribution is -2.60. The van der Waals surface area contributed by atoms with Gasteiger partial charge >= 0.3 is 0 Å². The molecule has 3 nitrogen and oxygen atoms in total. The van der Waals surface area contributed by atoms with Crippen LogP contribution in [0.3, 0.4) is 0 Å². The van der Waals surface area contributed by atoms with Gasteiger partial charge in [-0.25, -0.2) is 0 Å². The van der Waals surface area contributed by atoms with Crippen LogP contribution in [0.5, 0.6) is 0 Å². The van der Waals surface area contributed by atoms with Crippen molar-refractivity contribution >= 4 is 17.0 Å². The Morgan fingerprint density at radius 1 is 0.867 bits per heavy atom. The van der Waals surface area contributed by atoms with Gasteiger partial charge in [0.25, 0.3) is 17.0 Å². The molecule has 0 spiro atoms. The third kappa shape index (κ3) is 3.39. The molecule has 15 heavy (non-hydrogen) atoms. The van der Waals surface area contributed by atoms with Crippen molar-refractivity contribution in [3.05, 3.63) is 24.6 Å². The summed E-state index contributed by atoms with van der Waals surface area (Å²) in [5, 5.41) is 0. The van der Waals surface area contributed by atoms with E-state index in [1.165, 1.54) is 0 Å². The summed E-state index contributed by atoms with van der Waals surface area (Å²) in [5.41, 5.74) is 3.93. The van der Waals surface area contributed by atoms with E-state index in [1.807, 2.05) is 39.6 Å². The molecular formula is C10H24N2OSi2. The summed E-state index contributed by atoms with van der Waals surface area (Å²) in [4.78, 5) is 0. The molecule has 0 saturated carbocycles. The minimum Gasteiger partial charge on any atom is -0.426 e. The van der Waals surface area contributed by atoms with Crippen LogP contribution in [0.1, 0.15) is 0 Å². The van der Waals surface area contributed by atoms with Gasteiger partial charge < -0.3 is 13.2 Å². The Morgan fingerprint density at radius 3 is 1.27 bits per heavy atom. The lowest BCUT2D eigenvalue weighted by atomic mass is 11.2. The van der Waals surface area contributed by atoms with Crippen molar-refractivity contribution in [1.82, 2.24) is 9.13 Å². The number of hydrogen-bond donors (Lipinski definition) is 0. The molecule has 0 amide bonds. The molecule has 0 rings (SSSR count). The molecule has 0 aliphatic rings. The molecule has 2 unspecified atom stereocenters. The predicted molar refractivity (Wildman–Crippen MR) is 72.1 cm³/mol. The van der Waals surface area contributed by atoms with Crippen molar-refractivity contribution < 1.29 is 4.12 Å². The third-order valence-electron chi connectivity index (χ3n) is 2.95. The fourth-order valence-corrected chi connectivity index (χ4v) is 7.25. The van der Waals surface area contributed by atoms with Crippen LogP contribution in [0, 0.1) is 0 Å². The van der Waals surface area contributed by atoms with Gasteiger partial charge in [-0.05, 0) is 41.3 Å². The standard InChI is InChI=1S/C10H24N2OSi2/c1-9-14(7,11(3)4)13-15(8,10-2)12(5)6/h9-10H,1-2H2,3-8H3. The summed E-state index contributed by atoms with van der Waals surface area (Å²) >= 11 is 0. The Balaban J connectivity index is 4.95. The van der Waals surface area contributed by atoms with Gasteiger partial charge in [-0.3, -0.25) is 0 Å². The maximum atomic E-state index is 6.34. The van der Waals surface area contributed by atoms with E-state index in [9.17, 15) is 0 Å². The van der Waals surface area contributed by atoms with E-state index < -0.39 is 17.0 Å². The average molecular weight is 244 g/mol. The molecule has 0 aromatic rings. The highest BCUT2D eigenvalue weighted by Crippen LogP contribution is 2.19. The van der Waals surface area contributed by atoms with Crippen molar-refractivity contribution in [3.63, 3.8) is 0 Å². The molecule has 88 valence electrons. The van der Waals surface area contributed by atoms with E-state index >= 15 is 0 Å². The summed E-state index contributed by atoms with van der Waals surface area (Å²) in [6.07, 6.45) is 0.